The minimum Gasteiger partial charge on any atom is -0.489 e. The van der Waals surface area contributed by atoms with Gasteiger partial charge < -0.3 is 14.4 Å². The molecule has 1 heterocycles. The van der Waals surface area contributed by atoms with Crippen molar-refractivity contribution in [2.45, 2.75) is 39.7 Å². The van der Waals surface area contributed by atoms with E-state index in [0.29, 0.717) is 26.3 Å². The molecule has 0 atom stereocenters. The van der Waals surface area contributed by atoms with Crippen LogP contribution in [0.4, 0.5) is 0 Å². The summed E-state index contributed by atoms with van der Waals surface area (Å²) in [5, 5.41) is 0. The summed E-state index contributed by atoms with van der Waals surface area (Å²) in [5.41, 5.74) is 7.10. The molecule has 6 heteroatoms. The lowest BCUT2D eigenvalue weighted by atomic mass is 9.81. The van der Waals surface area contributed by atoms with Crippen molar-refractivity contribution in [3.8, 4) is 0 Å². The van der Waals surface area contributed by atoms with E-state index in [4.69, 9.17) is 9.47 Å². The number of benzene rings is 1. The standard InChI is InChI=1S/C25H26BrNO4/c1-3-30-25(29)10-9-24(28)27-13-18-8-7-17-11-21(18)20(14-27)12-23(17)31-15-19-5-4-6-22(26)16(19)2/h4-8,12H,3,9-11,13-15H2,1-2H3. The first-order valence-electron chi connectivity index (χ1n) is 10.6. The fraction of sp³-hybridized carbons (Fsp3) is 0.360. The van der Waals surface area contributed by atoms with E-state index in [1.807, 2.05) is 17.0 Å². The molecule has 0 spiro atoms. The molecule has 0 fully saturated rings. The molecule has 2 aliphatic carbocycles. The number of amides is 1. The van der Waals surface area contributed by atoms with Gasteiger partial charge in [0.2, 0.25) is 5.91 Å². The Morgan fingerprint density at radius 3 is 2.74 bits per heavy atom. The summed E-state index contributed by atoms with van der Waals surface area (Å²) >= 11 is 3.58. The SMILES string of the molecule is CCOC(=O)CCC(=O)N1CC2=CC(OCc3cccc(Br)c3C)=C3C=CC(=C2C3)C1. The highest BCUT2D eigenvalue weighted by molar-refractivity contribution is 9.10. The van der Waals surface area contributed by atoms with Gasteiger partial charge in [-0.25, -0.2) is 0 Å². The molecule has 0 N–H and O–H groups in total. The van der Waals surface area contributed by atoms with Crippen molar-refractivity contribution >= 4 is 27.8 Å². The molecule has 0 radical (unpaired) electrons. The molecule has 0 unspecified atom stereocenters. The second-order valence-corrected chi connectivity index (χ2v) is 8.79. The van der Waals surface area contributed by atoms with Gasteiger partial charge in [0.25, 0.3) is 0 Å². The van der Waals surface area contributed by atoms with E-state index in [2.05, 4.69) is 47.1 Å². The van der Waals surface area contributed by atoms with Crippen LogP contribution in [0.5, 0.6) is 0 Å². The Balaban J connectivity index is 1.46. The first kappa shape index (κ1) is 21.6. The lowest BCUT2D eigenvalue weighted by molar-refractivity contribution is -0.145. The van der Waals surface area contributed by atoms with Crippen molar-refractivity contribution in [2.75, 3.05) is 19.7 Å². The molecule has 0 saturated carbocycles. The van der Waals surface area contributed by atoms with Crippen molar-refractivity contribution < 1.29 is 19.1 Å². The number of hydrogen-bond acceptors (Lipinski definition) is 4. The van der Waals surface area contributed by atoms with Crippen molar-refractivity contribution in [2.24, 2.45) is 0 Å². The van der Waals surface area contributed by atoms with Crippen LogP contribution in [-0.4, -0.2) is 36.5 Å². The van der Waals surface area contributed by atoms with Crippen LogP contribution in [0, 0.1) is 6.92 Å². The van der Waals surface area contributed by atoms with Gasteiger partial charge in [-0.05, 0) is 59.4 Å². The van der Waals surface area contributed by atoms with Crippen molar-refractivity contribution in [3.05, 3.63) is 80.1 Å². The zero-order valence-electron chi connectivity index (χ0n) is 17.9. The van der Waals surface area contributed by atoms with Crippen LogP contribution in [0.2, 0.25) is 0 Å². The van der Waals surface area contributed by atoms with Crippen LogP contribution in [0.3, 0.4) is 0 Å². The molecular weight excluding hydrogens is 458 g/mol. The highest BCUT2D eigenvalue weighted by atomic mass is 79.9. The average Bonchev–Trinajstić information content (AvgIpc) is 2.77. The van der Waals surface area contributed by atoms with Crippen molar-refractivity contribution in [3.63, 3.8) is 0 Å². The Hall–Kier alpha value is -2.60. The zero-order valence-corrected chi connectivity index (χ0v) is 19.5. The fourth-order valence-corrected chi connectivity index (χ4v) is 4.53. The summed E-state index contributed by atoms with van der Waals surface area (Å²) in [7, 11) is 0. The van der Waals surface area contributed by atoms with E-state index in [-0.39, 0.29) is 24.7 Å². The van der Waals surface area contributed by atoms with Crippen LogP contribution >= 0.6 is 15.9 Å². The van der Waals surface area contributed by atoms with E-state index in [0.717, 1.165) is 27.8 Å². The van der Waals surface area contributed by atoms with Gasteiger partial charge in [-0.2, -0.15) is 0 Å². The van der Waals surface area contributed by atoms with Gasteiger partial charge in [-0.1, -0.05) is 40.2 Å². The third-order valence-electron chi connectivity index (χ3n) is 5.94. The highest BCUT2D eigenvalue weighted by Gasteiger charge is 2.31. The van der Waals surface area contributed by atoms with E-state index in [1.165, 1.54) is 22.3 Å². The maximum atomic E-state index is 12.7. The lowest BCUT2D eigenvalue weighted by Gasteiger charge is -2.36. The third kappa shape index (κ3) is 4.69. The molecule has 1 aliphatic heterocycles. The normalized spacial score (nSPS) is 17.0. The predicted molar refractivity (Wildman–Crippen MR) is 122 cm³/mol. The highest BCUT2D eigenvalue weighted by Crippen LogP contribution is 2.39. The van der Waals surface area contributed by atoms with Crippen molar-refractivity contribution in [1.29, 1.82) is 0 Å². The number of fused-ring (bicyclic) bond motifs is 1. The maximum absolute atomic E-state index is 12.7. The second kappa shape index (κ2) is 9.27. The van der Waals surface area contributed by atoms with Gasteiger partial charge in [-0.3, -0.25) is 9.59 Å². The summed E-state index contributed by atoms with van der Waals surface area (Å²) < 4.78 is 12.2. The van der Waals surface area contributed by atoms with Gasteiger partial charge in [0.05, 0.1) is 13.0 Å². The minimum atomic E-state index is -0.326. The van der Waals surface area contributed by atoms with Crippen LogP contribution in [0.15, 0.2) is 69.0 Å². The topological polar surface area (TPSA) is 55.8 Å². The molecule has 1 amide bonds. The van der Waals surface area contributed by atoms with Crippen LogP contribution in [0.25, 0.3) is 0 Å². The van der Waals surface area contributed by atoms with Gasteiger partial charge in [0, 0.05) is 30.4 Å². The minimum absolute atomic E-state index is 0.0264. The second-order valence-electron chi connectivity index (χ2n) is 7.94. The number of ether oxygens (including phenoxy) is 2. The first-order chi connectivity index (χ1) is 15.0. The lowest BCUT2D eigenvalue weighted by Crippen LogP contribution is -2.39. The Kier molecular flexibility index (Phi) is 6.46. The number of hydrogen-bond donors (Lipinski definition) is 0. The van der Waals surface area contributed by atoms with Crippen LogP contribution in [-0.2, 0) is 25.7 Å². The summed E-state index contributed by atoms with van der Waals surface area (Å²) in [6.45, 7) is 5.81. The number of nitrogens with zero attached hydrogens (tertiary/aromatic N) is 1. The fourth-order valence-electron chi connectivity index (χ4n) is 4.12. The number of esters is 1. The quantitative estimate of drug-likeness (QED) is 0.517. The van der Waals surface area contributed by atoms with E-state index >= 15 is 0 Å². The zero-order chi connectivity index (χ0) is 22.0. The molecule has 4 rings (SSSR count). The summed E-state index contributed by atoms with van der Waals surface area (Å²) in [5.74, 6) is 0.518. The van der Waals surface area contributed by atoms with Crippen LogP contribution < -0.4 is 0 Å². The third-order valence-corrected chi connectivity index (χ3v) is 6.80. The summed E-state index contributed by atoms with van der Waals surface area (Å²) in [4.78, 5) is 26.1. The first-order valence-corrected chi connectivity index (χ1v) is 11.4. The molecule has 5 nitrogen and oxygen atoms in total. The molecule has 3 aliphatic rings. The molecule has 31 heavy (non-hydrogen) atoms. The molecule has 162 valence electrons. The maximum Gasteiger partial charge on any atom is 0.306 e. The number of halogens is 1. The van der Waals surface area contributed by atoms with Gasteiger partial charge >= 0.3 is 5.97 Å². The largest absolute Gasteiger partial charge is 0.489 e. The average molecular weight is 484 g/mol. The Bertz CT molecular complexity index is 1050. The number of carbonyl (C=O) groups excluding carboxylic acids is 2. The molecular formula is C25H26BrNO4. The summed E-state index contributed by atoms with van der Waals surface area (Å²) in [6, 6.07) is 6.12. The Morgan fingerprint density at radius 2 is 1.94 bits per heavy atom. The monoisotopic (exact) mass is 483 g/mol. The van der Waals surface area contributed by atoms with E-state index in [9.17, 15) is 9.59 Å². The number of allylic oxidation sites excluding steroid dienone is 3. The molecule has 0 aromatic heterocycles. The number of carbonyl (C=O) groups is 2. The van der Waals surface area contributed by atoms with Gasteiger partial charge in [0.15, 0.2) is 0 Å². The molecule has 0 saturated heterocycles. The predicted octanol–water partition coefficient (Wildman–Crippen LogP) is 4.91. The Morgan fingerprint density at radius 1 is 1.13 bits per heavy atom. The smallest absolute Gasteiger partial charge is 0.306 e. The number of rotatable bonds is 7. The molecule has 1 aromatic rings. The van der Waals surface area contributed by atoms with Gasteiger partial charge in [-0.15, -0.1) is 0 Å². The molecule has 1 aromatic carbocycles. The van der Waals surface area contributed by atoms with E-state index < -0.39 is 0 Å². The van der Waals surface area contributed by atoms with Gasteiger partial charge in [0.1, 0.15) is 12.4 Å². The Labute approximate surface area is 191 Å². The summed E-state index contributed by atoms with van der Waals surface area (Å²) in [6.07, 6.45) is 7.41. The van der Waals surface area contributed by atoms with Crippen molar-refractivity contribution in [1.82, 2.24) is 4.90 Å². The van der Waals surface area contributed by atoms with E-state index in [1.54, 1.807) is 6.92 Å². The van der Waals surface area contributed by atoms with Crippen LogP contribution in [0.1, 0.15) is 37.3 Å². The molecule has 2 bridgehead atoms.